The summed E-state index contributed by atoms with van der Waals surface area (Å²) in [5.74, 6) is 0. The van der Waals surface area contributed by atoms with E-state index in [-0.39, 0.29) is 11.0 Å². The van der Waals surface area contributed by atoms with Gasteiger partial charge in [-0.05, 0) is 23.8 Å². The SMILES string of the molecule is CC1(CNC(c2ccccc2)C(F)(F)F)CC1. The lowest BCUT2D eigenvalue weighted by Gasteiger charge is -2.23. The van der Waals surface area contributed by atoms with Crippen molar-refractivity contribution in [2.24, 2.45) is 5.41 Å². The van der Waals surface area contributed by atoms with Gasteiger partial charge in [-0.2, -0.15) is 13.2 Å². The number of benzene rings is 1. The summed E-state index contributed by atoms with van der Waals surface area (Å²) in [5.41, 5.74) is 0.349. The molecule has 1 N–H and O–H groups in total. The van der Waals surface area contributed by atoms with Gasteiger partial charge in [0.05, 0.1) is 0 Å². The number of hydrogen-bond acceptors (Lipinski definition) is 1. The highest BCUT2D eigenvalue weighted by Gasteiger charge is 2.44. The lowest BCUT2D eigenvalue weighted by molar-refractivity contribution is -0.158. The third-order valence-corrected chi connectivity index (χ3v) is 3.30. The second kappa shape index (κ2) is 4.33. The first-order valence-corrected chi connectivity index (χ1v) is 5.76. The Kier molecular flexibility index (Phi) is 3.17. The molecule has 0 saturated heterocycles. The average molecular weight is 243 g/mol. The van der Waals surface area contributed by atoms with E-state index in [1.165, 1.54) is 12.1 Å². The molecular formula is C13H16F3N. The molecule has 1 aromatic rings. The van der Waals surface area contributed by atoms with Crippen molar-refractivity contribution in [3.05, 3.63) is 35.9 Å². The lowest BCUT2D eigenvalue weighted by Crippen LogP contribution is -2.36. The van der Waals surface area contributed by atoms with E-state index >= 15 is 0 Å². The summed E-state index contributed by atoms with van der Waals surface area (Å²) in [6.45, 7) is 2.44. The van der Waals surface area contributed by atoms with Crippen LogP contribution in [0.15, 0.2) is 30.3 Å². The Morgan fingerprint density at radius 3 is 2.29 bits per heavy atom. The zero-order chi connectivity index (χ0) is 12.5. The molecule has 1 aliphatic rings. The second-order valence-corrected chi connectivity index (χ2v) is 5.08. The summed E-state index contributed by atoms with van der Waals surface area (Å²) in [5, 5.41) is 2.65. The highest BCUT2D eigenvalue weighted by atomic mass is 19.4. The van der Waals surface area contributed by atoms with E-state index in [0.29, 0.717) is 6.54 Å². The maximum atomic E-state index is 12.9. The molecule has 94 valence electrons. The van der Waals surface area contributed by atoms with E-state index in [9.17, 15) is 13.2 Å². The van der Waals surface area contributed by atoms with E-state index in [2.05, 4.69) is 5.32 Å². The number of halogens is 3. The van der Waals surface area contributed by atoms with Gasteiger partial charge in [0.2, 0.25) is 0 Å². The van der Waals surface area contributed by atoms with Gasteiger partial charge in [0.15, 0.2) is 0 Å². The molecule has 0 bridgehead atoms. The topological polar surface area (TPSA) is 12.0 Å². The van der Waals surface area contributed by atoms with Crippen molar-refractivity contribution in [3.8, 4) is 0 Å². The van der Waals surface area contributed by atoms with Crippen LogP contribution in [-0.2, 0) is 0 Å². The van der Waals surface area contributed by atoms with Crippen molar-refractivity contribution in [2.75, 3.05) is 6.54 Å². The van der Waals surface area contributed by atoms with Crippen molar-refractivity contribution in [1.29, 1.82) is 0 Å². The lowest BCUT2D eigenvalue weighted by atomic mass is 10.0. The van der Waals surface area contributed by atoms with Gasteiger partial charge in [0.1, 0.15) is 6.04 Å². The van der Waals surface area contributed by atoms with E-state index in [4.69, 9.17) is 0 Å². The number of rotatable bonds is 4. The maximum Gasteiger partial charge on any atom is 0.407 e. The molecule has 1 aromatic carbocycles. The summed E-state index contributed by atoms with van der Waals surface area (Å²) < 4.78 is 38.8. The Balaban J connectivity index is 2.09. The highest BCUT2D eigenvalue weighted by Crippen LogP contribution is 2.45. The van der Waals surface area contributed by atoms with Crippen LogP contribution in [-0.4, -0.2) is 12.7 Å². The molecular weight excluding hydrogens is 227 g/mol. The molecule has 17 heavy (non-hydrogen) atoms. The number of nitrogens with one attached hydrogen (secondary N) is 1. The van der Waals surface area contributed by atoms with Crippen LogP contribution < -0.4 is 5.32 Å². The predicted molar refractivity (Wildman–Crippen MR) is 60.6 cm³/mol. The monoisotopic (exact) mass is 243 g/mol. The molecule has 1 fully saturated rings. The fourth-order valence-corrected chi connectivity index (χ4v) is 1.81. The van der Waals surface area contributed by atoms with Crippen LogP contribution in [0.25, 0.3) is 0 Å². The normalized spacial score (nSPS) is 20.0. The third kappa shape index (κ3) is 3.22. The molecule has 1 aliphatic carbocycles. The smallest absolute Gasteiger partial charge is 0.302 e. The first kappa shape index (κ1) is 12.4. The second-order valence-electron chi connectivity index (χ2n) is 5.08. The molecule has 2 rings (SSSR count). The largest absolute Gasteiger partial charge is 0.407 e. The summed E-state index contributed by atoms with van der Waals surface area (Å²) in [4.78, 5) is 0. The van der Waals surface area contributed by atoms with Crippen LogP contribution in [0, 0.1) is 5.41 Å². The van der Waals surface area contributed by atoms with E-state index in [1.54, 1.807) is 18.2 Å². The highest BCUT2D eigenvalue weighted by molar-refractivity contribution is 5.20. The summed E-state index contributed by atoms with van der Waals surface area (Å²) in [6.07, 6.45) is -2.22. The molecule has 0 heterocycles. The first-order valence-electron chi connectivity index (χ1n) is 5.76. The van der Waals surface area contributed by atoms with Crippen LogP contribution in [0.1, 0.15) is 31.4 Å². The number of hydrogen-bond donors (Lipinski definition) is 1. The van der Waals surface area contributed by atoms with Gasteiger partial charge in [-0.25, -0.2) is 0 Å². The van der Waals surface area contributed by atoms with Gasteiger partial charge in [0, 0.05) is 6.54 Å². The fourth-order valence-electron chi connectivity index (χ4n) is 1.81. The summed E-state index contributed by atoms with van der Waals surface area (Å²) in [6, 6.07) is 6.46. The summed E-state index contributed by atoms with van der Waals surface area (Å²) in [7, 11) is 0. The Morgan fingerprint density at radius 2 is 1.82 bits per heavy atom. The minimum atomic E-state index is -4.24. The standard InChI is InChI=1S/C13H16F3N/c1-12(7-8-12)9-17-11(13(14,15)16)10-5-3-2-4-6-10/h2-6,11,17H,7-9H2,1H3. The Morgan fingerprint density at radius 1 is 1.24 bits per heavy atom. The minimum Gasteiger partial charge on any atom is -0.302 e. The van der Waals surface area contributed by atoms with E-state index in [0.717, 1.165) is 12.8 Å². The molecule has 0 aliphatic heterocycles. The van der Waals surface area contributed by atoms with Gasteiger partial charge < -0.3 is 5.32 Å². The Bertz CT molecular complexity index is 368. The quantitative estimate of drug-likeness (QED) is 0.850. The van der Waals surface area contributed by atoms with Gasteiger partial charge in [-0.1, -0.05) is 37.3 Å². The van der Waals surface area contributed by atoms with Gasteiger partial charge in [-0.3, -0.25) is 0 Å². The number of alkyl halides is 3. The fraction of sp³-hybridized carbons (Fsp3) is 0.538. The molecule has 0 spiro atoms. The van der Waals surface area contributed by atoms with E-state index < -0.39 is 12.2 Å². The first-order chi connectivity index (χ1) is 7.91. The Hall–Kier alpha value is -1.03. The molecule has 1 saturated carbocycles. The molecule has 0 aromatic heterocycles. The van der Waals surface area contributed by atoms with Crippen molar-refractivity contribution in [3.63, 3.8) is 0 Å². The molecule has 1 atom stereocenters. The van der Waals surface area contributed by atoms with Crippen LogP contribution in [0.5, 0.6) is 0 Å². The van der Waals surface area contributed by atoms with Crippen molar-refractivity contribution < 1.29 is 13.2 Å². The molecule has 0 radical (unpaired) electrons. The van der Waals surface area contributed by atoms with Crippen molar-refractivity contribution >= 4 is 0 Å². The van der Waals surface area contributed by atoms with Crippen LogP contribution in [0.4, 0.5) is 13.2 Å². The zero-order valence-electron chi connectivity index (χ0n) is 9.72. The minimum absolute atomic E-state index is 0.0677. The van der Waals surface area contributed by atoms with Crippen LogP contribution >= 0.6 is 0 Å². The van der Waals surface area contributed by atoms with Crippen molar-refractivity contribution in [2.45, 2.75) is 32.0 Å². The average Bonchev–Trinajstić information content (AvgIpc) is 2.96. The molecule has 1 unspecified atom stereocenters. The zero-order valence-corrected chi connectivity index (χ0v) is 9.72. The van der Waals surface area contributed by atoms with Crippen LogP contribution in [0.2, 0.25) is 0 Å². The van der Waals surface area contributed by atoms with Crippen LogP contribution in [0.3, 0.4) is 0 Å². The van der Waals surface area contributed by atoms with E-state index in [1.807, 2.05) is 6.92 Å². The predicted octanol–water partition coefficient (Wildman–Crippen LogP) is 3.68. The maximum absolute atomic E-state index is 12.9. The molecule has 4 heteroatoms. The van der Waals surface area contributed by atoms with Gasteiger partial charge >= 0.3 is 6.18 Å². The van der Waals surface area contributed by atoms with Gasteiger partial charge in [0.25, 0.3) is 0 Å². The van der Waals surface area contributed by atoms with Crippen molar-refractivity contribution in [1.82, 2.24) is 5.32 Å². The third-order valence-electron chi connectivity index (χ3n) is 3.30. The molecule has 0 amide bonds. The summed E-state index contributed by atoms with van der Waals surface area (Å²) >= 11 is 0. The van der Waals surface area contributed by atoms with Gasteiger partial charge in [-0.15, -0.1) is 0 Å². The molecule has 1 nitrogen and oxygen atoms in total. The Labute approximate surface area is 99.0 Å².